The minimum atomic E-state index is -0.481. The van der Waals surface area contributed by atoms with Crippen molar-refractivity contribution in [2.45, 2.75) is 20.3 Å². The fourth-order valence-corrected chi connectivity index (χ4v) is 3.54. The maximum absolute atomic E-state index is 13.5. The third-order valence-corrected chi connectivity index (χ3v) is 5.17. The number of nitrogens with zero attached hydrogens (tertiary/aromatic N) is 1. The van der Waals surface area contributed by atoms with Gasteiger partial charge in [0.2, 0.25) is 0 Å². The second-order valence-electron chi connectivity index (χ2n) is 7.49. The van der Waals surface area contributed by atoms with Crippen molar-refractivity contribution >= 4 is 28.8 Å². The van der Waals surface area contributed by atoms with Crippen molar-refractivity contribution in [2.75, 3.05) is 16.8 Å². The Hall–Kier alpha value is -3.93. The lowest BCUT2D eigenvalue weighted by atomic mass is 10.0. The molecule has 2 amide bonds. The van der Waals surface area contributed by atoms with E-state index in [1.807, 2.05) is 38.1 Å². The average molecular weight is 430 g/mol. The standard InChI is InChI=1S/C26H23FN2O3/c1-3-15-32-21-9-6-8-20(16-21)29-25(30)23(18-11-13-19(27)14-12-18)24(26(29)31)28-22-10-5-4-7-17(22)2/h4-14,16,28H,3,15H2,1-2H3. The van der Waals surface area contributed by atoms with Crippen molar-refractivity contribution in [3.63, 3.8) is 0 Å². The molecule has 5 nitrogen and oxygen atoms in total. The zero-order valence-electron chi connectivity index (χ0n) is 17.9. The van der Waals surface area contributed by atoms with E-state index in [2.05, 4.69) is 5.32 Å². The van der Waals surface area contributed by atoms with Gasteiger partial charge in [-0.3, -0.25) is 9.59 Å². The molecule has 1 N–H and O–H groups in total. The van der Waals surface area contributed by atoms with Crippen molar-refractivity contribution in [2.24, 2.45) is 0 Å². The van der Waals surface area contributed by atoms with E-state index < -0.39 is 17.6 Å². The number of amides is 2. The number of hydrogen-bond donors (Lipinski definition) is 1. The molecule has 1 aliphatic rings. The molecule has 0 bridgehead atoms. The third kappa shape index (κ3) is 4.12. The second-order valence-corrected chi connectivity index (χ2v) is 7.49. The van der Waals surface area contributed by atoms with Crippen LogP contribution in [0, 0.1) is 12.7 Å². The lowest BCUT2D eigenvalue weighted by molar-refractivity contribution is -0.120. The van der Waals surface area contributed by atoms with Crippen LogP contribution in [0.25, 0.3) is 5.57 Å². The van der Waals surface area contributed by atoms with Gasteiger partial charge in [0, 0.05) is 11.8 Å². The second kappa shape index (κ2) is 9.06. The van der Waals surface area contributed by atoms with Crippen LogP contribution in [0.2, 0.25) is 0 Å². The predicted octanol–water partition coefficient (Wildman–Crippen LogP) is 5.32. The van der Waals surface area contributed by atoms with Crippen molar-refractivity contribution in [3.8, 4) is 5.75 Å². The highest BCUT2D eigenvalue weighted by Gasteiger charge is 2.40. The van der Waals surface area contributed by atoms with Gasteiger partial charge in [0.25, 0.3) is 11.8 Å². The number of hydrogen-bond acceptors (Lipinski definition) is 4. The summed E-state index contributed by atoms with van der Waals surface area (Å²) in [6, 6.07) is 19.9. The van der Waals surface area contributed by atoms with Crippen LogP contribution in [0.1, 0.15) is 24.5 Å². The molecular formula is C26H23FN2O3. The van der Waals surface area contributed by atoms with Crippen LogP contribution in [-0.2, 0) is 9.59 Å². The Morgan fingerprint density at radius 1 is 0.938 bits per heavy atom. The monoisotopic (exact) mass is 430 g/mol. The largest absolute Gasteiger partial charge is 0.494 e. The van der Waals surface area contributed by atoms with E-state index in [1.54, 1.807) is 24.3 Å². The predicted molar refractivity (Wildman–Crippen MR) is 123 cm³/mol. The van der Waals surface area contributed by atoms with Crippen LogP contribution in [0.5, 0.6) is 5.75 Å². The summed E-state index contributed by atoms with van der Waals surface area (Å²) in [5.74, 6) is -0.804. The van der Waals surface area contributed by atoms with Gasteiger partial charge < -0.3 is 10.1 Å². The summed E-state index contributed by atoms with van der Waals surface area (Å²) in [6.07, 6.45) is 0.840. The zero-order valence-corrected chi connectivity index (χ0v) is 17.9. The molecule has 0 saturated carbocycles. The lowest BCUT2D eigenvalue weighted by Gasteiger charge is -2.17. The first-order chi connectivity index (χ1) is 15.5. The number of nitrogens with one attached hydrogen (secondary N) is 1. The maximum Gasteiger partial charge on any atom is 0.282 e. The number of imide groups is 1. The van der Waals surface area contributed by atoms with Gasteiger partial charge in [0.15, 0.2) is 0 Å². The molecule has 0 aromatic heterocycles. The highest BCUT2D eigenvalue weighted by atomic mass is 19.1. The lowest BCUT2D eigenvalue weighted by Crippen LogP contribution is -2.32. The van der Waals surface area contributed by atoms with Crippen LogP contribution in [0.4, 0.5) is 15.8 Å². The van der Waals surface area contributed by atoms with Gasteiger partial charge in [-0.1, -0.05) is 43.3 Å². The molecule has 0 atom stereocenters. The number of anilines is 2. The van der Waals surface area contributed by atoms with E-state index in [0.717, 1.165) is 16.9 Å². The summed E-state index contributed by atoms with van der Waals surface area (Å²) in [5, 5.41) is 3.14. The molecule has 3 aromatic rings. The molecule has 0 saturated heterocycles. The first-order valence-corrected chi connectivity index (χ1v) is 10.4. The quantitative estimate of drug-likeness (QED) is 0.516. The van der Waals surface area contributed by atoms with E-state index >= 15 is 0 Å². The van der Waals surface area contributed by atoms with Crippen molar-refractivity contribution < 1.29 is 18.7 Å². The average Bonchev–Trinajstić information content (AvgIpc) is 3.04. The molecule has 1 heterocycles. The molecule has 162 valence electrons. The van der Waals surface area contributed by atoms with E-state index in [0.29, 0.717) is 29.3 Å². The number of ether oxygens (including phenoxy) is 1. The van der Waals surface area contributed by atoms with E-state index in [-0.39, 0.29) is 11.3 Å². The Bertz CT molecular complexity index is 1200. The van der Waals surface area contributed by atoms with Gasteiger partial charge in [-0.15, -0.1) is 0 Å². The van der Waals surface area contributed by atoms with E-state index in [4.69, 9.17) is 4.74 Å². The maximum atomic E-state index is 13.5. The Balaban J connectivity index is 1.78. The Morgan fingerprint density at radius 2 is 1.69 bits per heavy atom. The first kappa shape index (κ1) is 21.3. The number of carbonyl (C=O) groups is 2. The summed E-state index contributed by atoms with van der Waals surface area (Å²) < 4.78 is 19.2. The van der Waals surface area contributed by atoms with Gasteiger partial charge in [-0.2, -0.15) is 0 Å². The summed E-state index contributed by atoms with van der Waals surface area (Å²) in [6.45, 7) is 4.44. The van der Waals surface area contributed by atoms with Crippen molar-refractivity contribution in [1.82, 2.24) is 0 Å². The van der Waals surface area contributed by atoms with Crippen LogP contribution < -0.4 is 15.0 Å². The molecule has 0 fully saturated rings. The molecule has 0 spiro atoms. The van der Waals surface area contributed by atoms with Gasteiger partial charge in [0.05, 0.1) is 17.9 Å². The van der Waals surface area contributed by atoms with Gasteiger partial charge in [-0.05, 0) is 54.8 Å². The molecule has 0 unspecified atom stereocenters. The minimum Gasteiger partial charge on any atom is -0.494 e. The van der Waals surface area contributed by atoms with Crippen LogP contribution >= 0.6 is 0 Å². The molecule has 0 aliphatic carbocycles. The minimum absolute atomic E-state index is 0.149. The van der Waals surface area contributed by atoms with Gasteiger partial charge >= 0.3 is 0 Å². The fourth-order valence-electron chi connectivity index (χ4n) is 3.54. The van der Waals surface area contributed by atoms with Gasteiger partial charge in [0.1, 0.15) is 17.3 Å². The molecule has 1 aliphatic heterocycles. The summed E-state index contributed by atoms with van der Waals surface area (Å²) in [7, 11) is 0. The molecule has 6 heteroatoms. The summed E-state index contributed by atoms with van der Waals surface area (Å²) in [5.41, 5.74) is 2.85. The molecule has 0 radical (unpaired) electrons. The Morgan fingerprint density at radius 3 is 2.41 bits per heavy atom. The molecule has 3 aromatic carbocycles. The Kier molecular flexibility index (Phi) is 6.03. The van der Waals surface area contributed by atoms with Gasteiger partial charge in [-0.25, -0.2) is 9.29 Å². The number of aryl methyl sites for hydroxylation is 1. The van der Waals surface area contributed by atoms with Crippen LogP contribution in [0.15, 0.2) is 78.5 Å². The number of rotatable bonds is 7. The summed E-state index contributed by atoms with van der Waals surface area (Å²) >= 11 is 0. The number of para-hydroxylation sites is 1. The van der Waals surface area contributed by atoms with E-state index in [1.165, 1.54) is 24.3 Å². The topological polar surface area (TPSA) is 58.6 Å². The SMILES string of the molecule is CCCOc1cccc(N2C(=O)C(Nc3ccccc3C)=C(c3ccc(F)cc3)C2=O)c1. The zero-order chi connectivity index (χ0) is 22.7. The normalized spacial score (nSPS) is 13.7. The smallest absolute Gasteiger partial charge is 0.282 e. The number of carbonyl (C=O) groups excluding carboxylic acids is 2. The van der Waals surface area contributed by atoms with Crippen LogP contribution in [-0.4, -0.2) is 18.4 Å². The van der Waals surface area contributed by atoms with Crippen molar-refractivity contribution in [1.29, 1.82) is 0 Å². The number of benzene rings is 3. The van der Waals surface area contributed by atoms with E-state index in [9.17, 15) is 14.0 Å². The highest BCUT2D eigenvalue weighted by molar-refractivity contribution is 6.46. The number of halogens is 1. The molecule has 32 heavy (non-hydrogen) atoms. The molecular weight excluding hydrogens is 407 g/mol. The summed E-state index contributed by atoms with van der Waals surface area (Å²) in [4.78, 5) is 28.1. The fraction of sp³-hybridized carbons (Fsp3) is 0.154. The first-order valence-electron chi connectivity index (χ1n) is 10.4. The third-order valence-electron chi connectivity index (χ3n) is 5.17. The highest BCUT2D eigenvalue weighted by Crippen LogP contribution is 2.35. The molecule has 4 rings (SSSR count). The van der Waals surface area contributed by atoms with Crippen molar-refractivity contribution in [3.05, 3.63) is 95.4 Å². The Labute approximate surface area is 186 Å². The van der Waals surface area contributed by atoms with Crippen LogP contribution in [0.3, 0.4) is 0 Å².